The van der Waals surface area contributed by atoms with Gasteiger partial charge in [-0.15, -0.1) is 11.3 Å². The Morgan fingerprint density at radius 2 is 2.00 bits per heavy atom. The van der Waals surface area contributed by atoms with Gasteiger partial charge in [0, 0.05) is 28.6 Å². The standard InChI is InChI=1S/C17H22ClN3O2S2/c1-25(22,23)21-13-3-4-14(21)9-11(8-13)16-10-12(19-20-16)2-5-15-6-7-17(18)24-15/h6-7,10-11,13-14H,2-5,8-9H2,1H3,(H,19,20). The highest BCUT2D eigenvalue weighted by molar-refractivity contribution is 7.88. The predicted octanol–water partition coefficient (Wildman–Crippen LogP) is 3.58. The van der Waals surface area contributed by atoms with Gasteiger partial charge in [0.2, 0.25) is 10.0 Å². The average Bonchev–Trinajstić information content (AvgIpc) is 3.23. The molecule has 2 aliphatic heterocycles. The molecule has 136 valence electrons. The van der Waals surface area contributed by atoms with Crippen LogP contribution < -0.4 is 0 Å². The molecule has 25 heavy (non-hydrogen) atoms. The second-order valence-corrected chi connectivity index (χ2v) is 10.9. The van der Waals surface area contributed by atoms with E-state index in [0.717, 1.165) is 54.2 Å². The second-order valence-electron chi connectivity index (χ2n) is 7.17. The maximum atomic E-state index is 12.0. The number of nitrogens with one attached hydrogen (secondary N) is 1. The Balaban J connectivity index is 1.41. The van der Waals surface area contributed by atoms with Crippen LogP contribution in [0.5, 0.6) is 0 Å². The number of aromatic amines is 1. The van der Waals surface area contributed by atoms with Gasteiger partial charge in [0.05, 0.1) is 16.3 Å². The van der Waals surface area contributed by atoms with E-state index in [2.05, 4.69) is 22.3 Å². The summed E-state index contributed by atoms with van der Waals surface area (Å²) in [5.74, 6) is 0.358. The Hall–Kier alpha value is -0.890. The molecule has 1 N–H and O–H groups in total. The molecule has 2 fully saturated rings. The van der Waals surface area contributed by atoms with E-state index in [0.29, 0.717) is 5.92 Å². The fourth-order valence-electron chi connectivity index (χ4n) is 4.38. The molecule has 2 saturated heterocycles. The van der Waals surface area contributed by atoms with Gasteiger partial charge >= 0.3 is 0 Å². The van der Waals surface area contributed by atoms with Gasteiger partial charge in [0.25, 0.3) is 0 Å². The number of thiophene rings is 1. The molecule has 0 spiro atoms. The number of sulfonamides is 1. The van der Waals surface area contributed by atoms with Gasteiger partial charge < -0.3 is 0 Å². The van der Waals surface area contributed by atoms with Crippen molar-refractivity contribution in [2.45, 2.75) is 56.5 Å². The Morgan fingerprint density at radius 1 is 1.28 bits per heavy atom. The van der Waals surface area contributed by atoms with Crippen LogP contribution in [0.2, 0.25) is 4.34 Å². The lowest BCUT2D eigenvalue weighted by Crippen LogP contribution is -2.45. The summed E-state index contributed by atoms with van der Waals surface area (Å²) < 4.78 is 26.6. The summed E-state index contributed by atoms with van der Waals surface area (Å²) >= 11 is 7.60. The van der Waals surface area contributed by atoms with E-state index in [4.69, 9.17) is 11.6 Å². The lowest BCUT2D eigenvalue weighted by molar-refractivity contribution is 0.225. The van der Waals surface area contributed by atoms with Crippen LogP contribution in [0.1, 0.15) is 47.9 Å². The van der Waals surface area contributed by atoms with Crippen molar-refractivity contribution in [2.24, 2.45) is 0 Å². The van der Waals surface area contributed by atoms with Crippen molar-refractivity contribution in [1.29, 1.82) is 0 Å². The van der Waals surface area contributed by atoms with Crippen LogP contribution in [0, 0.1) is 0 Å². The maximum Gasteiger partial charge on any atom is 0.211 e. The largest absolute Gasteiger partial charge is 0.282 e. The number of hydrogen-bond acceptors (Lipinski definition) is 4. The first kappa shape index (κ1) is 17.5. The molecule has 2 atom stereocenters. The molecular weight excluding hydrogens is 378 g/mol. The minimum Gasteiger partial charge on any atom is -0.282 e. The zero-order valence-corrected chi connectivity index (χ0v) is 16.5. The number of rotatable bonds is 5. The predicted molar refractivity (Wildman–Crippen MR) is 101 cm³/mol. The third-order valence-electron chi connectivity index (χ3n) is 5.39. The van der Waals surface area contributed by atoms with Crippen LogP contribution in [0.4, 0.5) is 0 Å². The molecule has 4 rings (SSSR count). The van der Waals surface area contributed by atoms with E-state index in [9.17, 15) is 8.42 Å². The third-order valence-corrected chi connectivity index (χ3v) is 8.04. The normalized spacial score (nSPS) is 27.0. The van der Waals surface area contributed by atoms with Crippen LogP contribution in [-0.2, 0) is 22.9 Å². The Morgan fingerprint density at radius 3 is 2.60 bits per heavy atom. The van der Waals surface area contributed by atoms with Crippen LogP contribution >= 0.6 is 22.9 Å². The molecule has 4 heterocycles. The molecule has 0 aromatic carbocycles. The molecule has 2 aromatic heterocycles. The Kier molecular flexibility index (Phi) is 4.68. The van der Waals surface area contributed by atoms with Gasteiger partial charge in [-0.25, -0.2) is 8.42 Å². The van der Waals surface area contributed by atoms with Crippen LogP contribution in [0.25, 0.3) is 0 Å². The molecule has 0 radical (unpaired) electrons. The van der Waals surface area contributed by atoms with Gasteiger partial charge in [-0.3, -0.25) is 5.10 Å². The molecule has 2 aromatic rings. The van der Waals surface area contributed by atoms with Gasteiger partial charge in [-0.2, -0.15) is 9.40 Å². The lowest BCUT2D eigenvalue weighted by atomic mass is 9.89. The van der Waals surface area contributed by atoms with E-state index < -0.39 is 10.0 Å². The summed E-state index contributed by atoms with van der Waals surface area (Å²) in [6.45, 7) is 0. The fraction of sp³-hybridized carbons (Fsp3) is 0.588. The number of H-pyrrole nitrogens is 1. The number of hydrogen-bond donors (Lipinski definition) is 1. The topological polar surface area (TPSA) is 66.1 Å². The summed E-state index contributed by atoms with van der Waals surface area (Å²) in [6.07, 6.45) is 6.93. The molecule has 0 amide bonds. The summed E-state index contributed by atoms with van der Waals surface area (Å²) in [4.78, 5) is 1.28. The van der Waals surface area contributed by atoms with Gasteiger partial charge in [-0.1, -0.05) is 11.6 Å². The minimum absolute atomic E-state index is 0.146. The van der Waals surface area contributed by atoms with Gasteiger partial charge in [0.15, 0.2) is 0 Å². The summed E-state index contributed by atoms with van der Waals surface area (Å²) in [5.41, 5.74) is 2.22. The average molecular weight is 400 g/mol. The SMILES string of the molecule is CS(=O)(=O)N1C2CCC1CC(c1cc(CCc3ccc(Cl)s3)[nH]n1)C2. The highest BCUT2D eigenvalue weighted by Crippen LogP contribution is 2.43. The van der Waals surface area contributed by atoms with Crippen molar-refractivity contribution in [2.75, 3.05) is 6.26 Å². The molecular formula is C17H22ClN3O2S2. The van der Waals surface area contributed by atoms with E-state index in [-0.39, 0.29) is 12.1 Å². The first-order valence-electron chi connectivity index (χ1n) is 8.67. The van der Waals surface area contributed by atoms with Crippen LogP contribution in [0.15, 0.2) is 18.2 Å². The fourth-order valence-corrected chi connectivity index (χ4v) is 6.93. The van der Waals surface area contributed by atoms with Crippen LogP contribution in [-0.4, -0.2) is 41.3 Å². The van der Waals surface area contributed by atoms with Gasteiger partial charge in [-0.05, 0) is 56.7 Å². The van der Waals surface area contributed by atoms with E-state index in [1.54, 1.807) is 15.6 Å². The highest BCUT2D eigenvalue weighted by Gasteiger charge is 2.45. The monoisotopic (exact) mass is 399 g/mol. The van der Waals surface area contributed by atoms with Crippen molar-refractivity contribution in [3.05, 3.63) is 38.8 Å². The van der Waals surface area contributed by atoms with Gasteiger partial charge in [0.1, 0.15) is 0 Å². The molecule has 0 aliphatic carbocycles. The molecule has 0 saturated carbocycles. The lowest BCUT2D eigenvalue weighted by Gasteiger charge is -2.36. The quantitative estimate of drug-likeness (QED) is 0.835. The number of aromatic nitrogens is 2. The molecule has 2 unspecified atom stereocenters. The number of halogens is 1. The number of piperidine rings is 1. The Labute approximate surface area is 157 Å². The first-order chi connectivity index (χ1) is 11.9. The maximum absolute atomic E-state index is 12.0. The summed E-state index contributed by atoms with van der Waals surface area (Å²) in [7, 11) is -3.10. The Bertz CT molecular complexity index is 847. The highest BCUT2D eigenvalue weighted by atomic mass is 35.5. The second kappa shape index (κ2) is 6.68. The van der Waals surface area contributed by atoms with E-state index >= 15 is 0 Å². The van der Waals surface area contributed by atoms with Crippen molar-refractivity contribution in [3.63, 3.8) is 0 Å². The summed E-state index contributed by atoms with van der Waals surface area (Å²) in [6, 6.07) is 6.46. The van der Waals surface area contributed by atoms with Crippen molar-refractivity contribution < 1.29 is 8.42 Å². The summed E-state index contributed by atoms with van der Waals surface area (Å²) in [5, 5.41) is 7.69. The molecule has 5 nitrogen and oxygen atoms in total. The first-order valence-corrected chi connectivity index (χ1v) is 11.7. The number of aryl methyl sites for hydroxylation is 2. The van der Waals surface area contributed by atoms with Crippen molar-refractivity contribution in [3.8, 4) is 0 Å². The smallest absolute Gasteiger partial charge is 0.211 e. The van der Waals surface area contributed by atoms with Crippen molar-refractivity contribution in [1.82, 2.24) is 14.5 Å². The minimum atomic E-state index is -3.10. The molecule has 8 heteroatoms. The van der Waals surface area contributed by atoms with Crippen LogP contribution in [0.3, 0.4) is 0 Å². The zero-order chi connectivity index (χ0) is 17.6. The number of fused-ring (bicyclic) bond motifs is 2. The zero-order valence-electron chi connectivity index (χ0n) is 14.1. The molecule has 2 aliphatic rings. The third kappa shape index (κ3) is 3.65. The van der Waals surface area contributed by atoms with Crippen molar-refractivity contribution >= 4 is 33.0 Å². The number of nitrogens with zero attached hydrogens (tertiary/aromatic N) is 2. The van der Waals surface area contributed by atoms with E-state index in [1.807, 2.05) is 6.07 Å². The molecule has 2 bridgehead atoms. The van der Waals surface area contributed by atoms with E-state index in [1.165, 1.54) is 11.1 Å².